The molecule has 9 rings (SSSR count). The molecule has 336 valence electrons. The van der Waals surface area contributed by atoms with E-state index in [2.05, 4.69) is 146 Å². The number of anilines is 1. The number of hydrogen-bond acceptors (Lipinski definition) is 6. The lowest BCUT2D eigenvalue weighted by molar-refractivity contribution is -0.435. The zero-order valence-corrected chi connectivity index (χ0v) is 38.7. The highest BCUT2D eigenvalue weighted by atomic mass is 35.5. The first-order valence-electron chi connectivity index (χ1n) is 22.5. The number of allylic oxidation sites excluding steroid dienone is 6. The average molecular weight is 910 g/mol. The molecule has 0 aromatic heterocycles. The van der Waals surface area contributed by atoms with E-state index >= 15 is 0 Å². The summed E-state index contributed by atoms with van der Waals surface area (Å²) < 4.78 is 7.45. The highest BCUT2D eigenvalue weighted by Gasteiger charge is 2.53. The molecule has 0 fully saturated rings. The molecule has 2 heterocycles. The van der Waals surface area contributed by atoms with Gasteiger partial charge in [0.25, 0.3) is 12.2 Å². The van der Waals surface area contributed by atoms with Gasteiger partial charge in [0, 0.05) is 45.3 Å². The van der Waals surface area contributed by atoms with Gasteiger partial charge in [-0.05, 0) is 101 Å². The van der Waals surface area contributed by atoms with Gasteiger partial charge in [-0.3, -0.25) is 19.7 Å². The summed E-state index contributed by atoms with van der Waals surface area (Å²) in [4.78, 5) is 37.5. The number of carboxylic acids is 1. The normalized spacial score (nSPS) is 17.2. The van der Waals surface area contributed by atoms with Crippen LogP contribution in [0.1, 0.15) is 53.6 Å². The Morgan fingerprint density at radius 1 is 0.851 bits per heavy atom. The first kappa shape index (κ1) is 44.8. The van der Waals surface area contributed by atoms with Crippen molar-refractivity contribution < 1.29 is 28.9 Å². The molecular formula is C57H51ClN3O6+. The minimum atomic E-state index is -0.889. The Bertz CT molecular complexity index is 3280. The van der Waals surface area contributed by atoms with Gasteiger partial charge in [-0.25, -0.2) is 0 Å². The Balaban J connectivity index is 1.26. The van der Waals surface area contributed by atoms with Gasteiger partial charge in [0.1, 0.15) is 13.0 Å². The second-order valence-electron chi connectivity index (χ2n) is 18.1. The number of aryl methyl sites for hydroxylation is 2. The van der Waals surface area contributed by atoms with Crippen molar-refractivity contribution in [2.45, 2.75) is 57.8 Å². The van der Waals surface area contributed by atoms with Crippen LogP contribution in [0, 0.1) is 24.0 Å². The molecule has 1 atom stereocenters. The number of carbonyl (C=O) groups is 2. The molecule has 67 heavy (non-hydrogen) atoms. The van der Waals surface area contributed by atoms with E-state index in [1.165, 1.54) is 17.2 Å². The van der Waals surface area contributed by atoms with Gasteiger partial charge in [-0.15, -0.1) is 0 Å². The summed E-state index contributed by atoms with van der Waals surface area (Å²) in [5.74, 6) is -0.889. The average Bonchev–Trinajstić information content (AvgIpc) is 3.71. The van der Waals surface area contributed by atoms with Crippen LogP contribution in [0.15, 0.2) is 162 Å². The fourth-order valence-corrected chi connectivity index (χ4v) is 10.7. The van der Waals surface area contributed by atoms with Crippen molar-refractivity contribution in [3.63, 3.8) is 0 Å². The van der Waals surface area contributed by atoms with E-state index in [-0.39, 0.29) is 25.3 Å². The van der Waals surface area contributed by atoms with Crippen LogP contribution in [0.4, 0.5) is 17.1 Å². The van der Waals surface area contributed by atoms with Crippen molar-refractivity contribution in [3.8, 4) is 0 Å². The monoisotopic (exact) mass is 908 g/mol. The first-order chi connectivity index (χ1) is 32.3. The van der Waals surface area contributed by atoms with Crippen LogP contribution < -0.4 is 4.90 Å². The van der Waals surface area contributed by atoms with Crippen molar-refractivity contribution in [1.29, 1.82) is 0 Å². The van der Waals surface area contributed by atoms with Crippen LogP contribution in [0.25, 0.3) is 32.3 Å². The maximum absolute atomic E-state index is 12.6. The van der Waals surface area contributed by atoms with Crippen LogP contribution in [-0.2, 0) is 38.0 Å². The third-order valence-corrected chi connectivity index (χ3v) is 14.0. The molecule has 0 bridgehead atoms. The summed E-state index contributed by atoms with van der Waals surface area (Å²) in [7, 11) is 0. The lowest BCUT2D eigenvalue weighted by Gasteiger charge is -2.30. The molecule has 10 heteroatoms. The third kappa shape index (κ3) is 8.18. The zero-order chi connectivity index (χ0) is 47.0. The second-order valence-corrected chi connectivity index (χ2v) is 18.6. The highest BCUT2D eigenvalue weighted by Crippen LogP contribution is 2.53. The van der Waals surface area contributed by atoms with Gasteiger partial charge in [0.15, 0.2) is 12.3 Å². The van der Waals surface area contributed by atoms with Gasteiger partial charge >= 0.3 is 5.97 Å². The summed E-state index contributed by atoms with van der Waals surface area (Å²) in [6.45, 7) is 9.49. The molecule has 0 aliphatic carbocycles. The molecule has 1 N–H and O–H groups in total. The minimum Gasteiger partial charge on any atom is -0.481 e. The Morgan fingerprint density at radius 2 is 1.52 bits per heavy atom. The van der Waals surface area contributed by atoms with Crippen LogP contribution in [0.2, 0.25) is 0 Å². The largest absolute Gasteiger partial charge is 0.481 e. The number of nitro groups is 1. The molecule has 0 radical (unpaired) electrons. The van der Waals surface area contributed by atoms with Crippen molar-refractivity contribution in [2.24, 2.45) is 0 Å². The van der Waals surface area contributed by atoms with Crippen molar-refractivity contribution in [2.75, 3.05) is 24.6 Å². The highest BCUT2D eigenvalue weighted by molar-refractivity contribution is 6.31. The smallest absolute Gasteiger partial charge is 0.309 e. The van der Waals surface area contributed by atoms with E-state index in [0.29, 0.717) is 30.9 Å². The molecule has 2 aliphatic rings. The molecule has 0 spiro atoms. The van der Waals surface area contributed by atoms with Crippen LogP contribution in [0.3, 0.4) is 0 Å². The quantitative estimate of drug-likeness (QED) is 0.0207. The predicted molar refractivity (Wildman–Crippen MR) is 269 cm³/mol. The van der Waals surface area contributed by atoms with Crippen molar-refractivity contribution in [1.82, 2.24) is 0 Å². The van der Waals surface area contributed by atoms with Gasteiger partial charge in [0.05, 0.1) is 28.0 Å². The van der Waals surface area contributed by atoms with E-state index in [9.17, 15) is 24.8 Å². The lowest BCUT2D eigenvalue weighted by atomic mass is 9.67. The molecular weight excluding hydrogens is 858 g/mol. The van der Waals surface area contributed by atoms with E-state index in [1.54, 1.807) is 12.1 Å². The van der Waals surface area contributed by atoms with Gasteiger partial charge in [-0.2, -0.15) is 4.58 Å². The fraction of sp³-hybridized carbons (Fsp3) is 0.211. The number of benzene rings is 7. The SMILES string of the molecule is Cc1ccc(CC2(Cc3ccccc3C)C(/C=C/C(Cl)=C/C=C3\N(CCOC=O)c4c(ccc5ccc([N+](=O)[O-])cc45)C3(C)C)=[N+](CCC(=O)O)c3c2c2ccccc2c2ccccc32)cc1. The summed E-state index contributed by atoms with van der Waals surface area (Å²) in [6.07, 6.45) is 9.00. The Kier molecular flexibility index (Phi) is 12.1. The number of aliphatic carboxylic acids is 1. The molecule has 0 amide bonds. The molecule has 7 aromatic rings. The number of carboxylic acid groups (broad SMARTS) is 1. The summed E-state index contributed by atoms with van der Waals surface area (Å²) in [5.41, 5.74) is 9.16. The lowest BCUT2D eigenvalue weighted by Crippen LogP contribution is -2.39. The van der Waals surface area contributed by atoms with Gasteiger partial charge in [-0.1, -0.05) is 134 Å². The summed E-state index contributed by atoms with van der Waals surface area (Å²) >= 11 is 7.34. The number of carbonyl (C=O) groups excluding carboxylic acids is 1. The van der Waals surface area contributed by atoms with Gasteiger partial charge in [0.2, 0.25) is 5.69 Å². The standard InChI is InChI=1S/C57H50ClN3O6/c1-37-17-19-39(20-18-37)34-57(35-41-12-6-5-11-38(41)2)51(59(30-29-52(63)64)55-47-16-10-8-14-45(47)44-13-7-9-15-46(44)53(55)57)28-24-42(58)23-27-50-56(3,4)49-26-22-40-21-25-43(61(65)66)33-48(40)54(49)60(50)31-32-67-36-62/h5-28,33,36H,29-32,34-35H2,1-4H3/p+1. The molecule has 0 saturated heterocycles. The topological polar surface area (TPSA) is 113 Å². The maximum atomic E-state index is 12.6. The van der Waals surface area contributed by atoms with Crippen molar-refractivity contribution >= 4 is 79.1 Å². The molecule has 2 aliphatic heterocycles. The number of rotatable bonds is 15. The predicted octanol–water partition coefficient (Wildman–Crippen LogP) is 12.5. The van der Waals surface area contributed by atoms with Crippen LogP contribution in [0.5, 0.6) is 0 Å². The molecule has 9 nitrogen and oxygen atoms in total. The number of fused-ring (bicyclic) bond motifs is 9. The van der Waals surface area contributed by atoms with E-state index in [4.69, 9.17) is 16.3 Å². The Labute approximate surface area is 394 Å². The van der Waals surface area contributed by atoms with E-state index in [1.807, 2.05) is 24.3 Å². The van der Waals surface area contributed by atoms with Crippen LogP contribution in [-0.4, -0.2) is 52.5 Å². The number of halogens is 1. The van der Waals surface area contributed by atoms with Gasteiger partial charge < -0.3 is 14.7 Å². The third-order valence-electron chi connectivity index (χ3n) is 13.7. The first-order valence-corrected chi connectivity index (χ1v) is 22.9. The summed E-state index contributed by atoms with van der Waals surface area (Å²) in [5, 5.41) is 28.6. The van der Waals surface area contributed by atoms with E-state index in [0.717, 1.165) is 77.4 Å². The maximum Gasteiger partial charge on any atom is 0.309 e. The zero-order valence-electron chi connectivity index (χ0n) is 38.0. The minimum absolute atomic E-state index is 0.0147. The van der Waals surface area contributed by atoms with Crippen LogP contribution >= 0.6 is 11.6 Å². The van der Waals surface area contributed by atoms with Crippen molar-refractivity contribution in [3.05, 3.63) is 206 Å². The second kappa shape index (κ2) is 18.1. The fourth-order valence-electron chi connectivity index (χ4n) is 10.6. The number of ether oxygens (including phenoxy) is 1. The Morgan fingerprint density at radius 3 is 2.22 bits per heavy atom. The number of non-ortho nitro benzene ring substituents is 1. The number of nitro benzene ring substituents is 1. The molecule has 7 aromatic carbocycles. The number of nitrogens with zero attached hydrogens (tertiary/aromatic N) is 3. The molecule has 1 unspecified atom stereocenters. The molecule has 0 saturated carbocycles. The summed E-state index contributed by atoms with van der Waals surface area (Å²) in [6, 6.07) is 43.1. The Hall–Kier alpha value is -7.36. The van der Waals surface area contributed by atoms with E-state index < -0.39 is 21.7 Å². The number of hydrogen-bond donors (Lipinski definition) is 1.